The molecule has 1 heterocycles. The average Bonchev–Trinajstić information content (AvgIpc) is 2.93. The largest absolute Gasteiger partial charge is 0.326 e. The average molecular weight is 365 g/mol. The Morgan fingerprint density at radius 3 is 2.74 bits per heavy atom. The fraction of sp³-hybridized carbons (Fsp3) is 0.118. The molecule has 0 saturated carbocycles. The molecule has 0 spiro atoms. The molecule has 2 aromatic carbocycles. The number of nitrogens with zero attached hydrogens (tertiary/aromatic N) is 1. The summed E-state index contributed by atoms with van der Waals surface area (Å²) in [6.07, 6.45) is 0.521. The van der Waals surface area contributed by atoms with Gasteiger partial charge in [0.05, 0.1) is 5.01 Å². The van der Waals surface area contributed by atoms with E-state index in [9.17, 15) is 4.39 Å². The molecule has 0 radical (unpaired) electrons. The Kier molecular flexibility index (Phi) is 5.02. The molecule has 1 aromatic heterocycles. The highest BCUT2D eigenvalue weighted by Gasteiger charge is 2.15. The van der Waals surface area contributed by atoms with Crippen molar-refractivity contribution in [1.82, 2.24) is 4.98 Å². The minimum Gasteiger partial charge on any atom is -0.326 e. The Hall–Kier alpha value is -1.40. The quantitative estimate of drug-likeness (QED) is 0.643. The number of thiol groups is 1. The van der Waals surface area contributed by atoms with Crippen molar-refractivity contribution >= 4 is 35.6 Å². The summed E-state index contributed by atoms with van der Waals surface area (Å²) in [5, 5.41) is 4.01. The first-order valence-corrected chi connectivity index (χ1v) is 8.68. The second kappa shape index (κ2) is 7.01. The summed E-state index contributed by atoms with van der Waals surface area (Å²) in [7, 11) is 0. The number of rotatable bonds is 4. The zero-order valence-corrected chi connectivity index (χ0v) is 14.6. The molecule has 0 saturated heterocycles. The summed E-state index contributed by atoms with van der Waals surface area (Å²) < 4.78 is 13.8. The van der Waals surface area contributed by atoms with E-state index >= 15 is 0 Å². The monoisotopic (exact) mass is 364 g/mol. The third kappa shape index (κ3) is 3.58. The van der Waals surface area contributed by atoms with Gasteiger partial charge in [-0.2, -0.15) is 0 Å². The summed E-state index contributed by atoms with van der Waals surface area (Å²) >= 11 is 12.1. The van der Waals surface area contributed by atoms with Crippen LogP contribution in [-0.2, 0) is 13.0 Å². The molecule has 0 aliphatic carbocycles. The normalized spacial score (nSPS) is 11.0. The minimum atomic E-state index is -0.284. The maximum absolute atomic E-state index is 13.8. The summed E-state index contributed by atoms with van der Waals surface area (Å²) in [4.78, 5) is 4.34. The Morgan fingerprint density at radius 2 is 2.04 bits per heavy atom. The second-order valence-corrected chi connectivity index (χ2v) is 6.86. The first-order chi connectivity index (χ1) is 11.1. The van der Waals surface area contributed by atoms with E-state index in [1.54, 1.807) is 6.07 Å². The van der Waals surface area contributed by atoms with Crippen LogP contribution in [0.25, 0.3) is 11.1 Å². The SMILES string of the molecule is NCc1cccc(Cl)c1-c1ccc(F)cc1Cc1nc(S)cs1. The maximum Gasteiger partial charge on any atom is 0.123 e. The number of halogens is 2. The number of aromatic nitrogens is 1. The molecule has 6 heteroatoms. The van der Waals surface area contributed by atoms with Gasteiger partial charge in [-0.3, -0.25) is 0 Å². The van der Waals surface area contributed by atoms with Crippen molar-refractivity contribution in [3.8, 4) is 11.1 Å². The van der Waals surface area contributed by atoms with Gasteiger partial charge in [0.2, 0.25) is 0 Å². The molecule has 118 valence electrons. The lowest BCUT2D eigenvalue weighted by Crippen LogP contribution is -2.02. The lowest BCUT2D eigenvalue weighted by atomic mass is 9.94. The van der Waals surface area contributed by atoms with Gasteiger partial charge in [-0.05, 0) is 34.9 Å². The summed E-state index contributed by atoms with van der Waals surface area (Å²) in [6, 6.07) is 10.3. The number of thiazole rings is 1. The van der Waals surface area contributed by atoms with Crippen molar-refractivity contribution in [2.24, 2.45) is 5.73 Å². The van der Waals surface area contributed by atoms with E-state index in [4.69, 9.17) is 17.3 Å². The Bertz CT molecular complexity index is 848. The summed E-state index contributed by atoms with van der Waals surface area (Å²) in [5.41, 5.74) is 9.34. The minimum absolute atomic E-state index is 0.284. The van der Waals surface area contributed by atoms with Crippen LogP contribution in [0.5, 0.6) is 0 Å². The van der Waals surface area contributed by atoms with Crippen molar-refractivity contribution in [2.45, 2.75) is 18.0 Å². The van der Waals surface area contributed by atoms with Crippen molar-refractivity contribution < 1.29 is 4.39 Å². The van der Waals surface area contributed by atoms with Crippen LogP contribution in [0.2, 0.25) is 5.02 Å². The van der Waals surface area contributed by atoms with Gasteiger partial charge in [0.25, 0.3) is 0 Å². The molecular weight excluding hydrogens is 351 g/mol. The molecule has 0 aliphatic heterocycles. The first kappa shape index (κ1) is 16.5. The smallest absolute Gasteiger partial charge is 0.123 e. The highest BCUT2D eigenvalue weighted by atomic mass is 35.5. The van der Waals surface area contributed by atoms with Crippen LogP contribution in [-0.4, -0.2) is 4.98 Å². The summed E-state index contributed by atoms with van der Waals surface area (Å²) in [6.45, 7) is 0.366. The van der Waals surface area contributed by atoms with Crippen LogP contribution in [0.3, 0.4) is 0 Å². The van der Waals surface area contributed by atoms with E-state index < -0.39 is 0 Å². The number of nitrogens with two attached hydrogens (primary N) is 1. The lowest BCUT2D eigenvalue weighted by molar-refractivity contribution is 0.626. The molecule has 2 nitrogen and oxygen atoms in total. The van der Waals surface area contributed by atoms with Crippen LogP contribution >= 0.6 is 35.6 Å². The molecule has 0 fully saturated rings. The number of hydrogen-bond acceptors (Lipinski definition) is 4. The fourth-order valence-corrected chi connectivity index (χ4v) is 3.86. The van der Waals surface area contributed by atoms with Gasteiger partial charge in [0.1, 0.15) is 10.8 Å². The predicted molar refractivity (Wildman–Crippen MR) is 96.9 cm³/mol. The first-order valence-electron chi connectivity index (χ1n) is 6.98. The highest BCUT2D eigenvalue weighted by Crippen LogP contribution is 2.35. The van der Waals surface area contributed by atoms with Gasteiger partial charge < -0.3 is 5.73 Å². The molecule has 0 aliphatic rings. The Balaban J connectivity index is 2.13. The Labute approximate surface area is 148 Å². The molecule has 0 unspecified atom stereocenters. The molecule has 23 heavy (non-hydrogen) atoms. The van der Waals surface area contributed by atoms with Crippen molar-refractivity contribution in [2.75, 3.05) is 0 Å². The molecule has 2 N–H and O–H groups in total. The zero-order valence-electron chi connectivity index (χ0n) is 12.1. The predicted octanol–water partition coefficient (Wildman–Crippen LogP) is 4.94. The molecular formula is C17H14ClFN2S2. The molecule has 3 rings (SSSR count). The number of benzene rings is 2. The number of hydrogen-bond donors (Lipinski definition) is 2. The van der Waals surface area contributed by atoms with Crippen molar-refractivity contribution in [3.05, 3.63) is 68.8 Å². The van der Waals surface area contributed by atoms with Gasteiger partial charge in [0.15, 0.2) is 0 Å². The standard InChI is InChI=1S/C17H14ClFN2S2/c18-14-3-1-2-10(8-20)17(14)13-5-4-12(19)6-11(13)7-16-21-15(22)9-23-16/h1-6,9,22H,7-8,20H2. The van der Waals surface area contributed by atoms with E-state index in [0.29, 0.717) is 23.0 Å². The lowest BCUT2D eigenvalue weighted by Gasteiger charge is -2.14. The summed E-state index contributed by atoms with van der Waals surface area (Å²) in [5.74, 6) is -0.284. The molecule has 0 atom stereocenters. The molecule has 0 amide bonds. The van der Waals surface area contributed by atoms with E-state index in [-0.39, 0.29) is 5.82 Å². The third-order valence-corrected chi connectivity index (χ3v) is 5.11. The van der Waals surface area contributed by atoms with E-state index in [1.165, 1.54) is 23.5 Å². The van der Waals surface area contributed by atoms with Crippen LogP contribution in [0, 0.1) is 5.82 Å². The van der Waals surface area contributed by atoms with Crippen LogP contribution < -0.4 is 5.73 Å². The van der Waals surface area contributed by atoms with E-state index in [0.717, 1.165) is 27.3 Å². The maximum atomic E-state index is 13.8. The van der Waals surface area contributed by atoms with Crippen molar-refractivity contribution in [3.63, 3.8) is 0 Å². The van der Waals surface area contributed by atoms with E-state index in [2.05, 4.69) is 17.6 Å². The second-order valence-electron chi connectivity index (χ2n) is 5.06. The molecule has 3 aromatic rings. The highest BCUT2D eigenvalue weighted by molar-refractivity contribution is 7.80. The topological polar surface area (TPSA) is 38.9 Å². The van der Waals surface area contributed by atoms with Crippen LogP contribution in [0.15, 0.2) is 46.8 Å². The fourth-order valence-electron chi connectivity index (χ4n) is 2.54. The van der Waals surface area contributed by atoms with Gasteiger partial charge >= 0.3 is 0 Å². The van der Waals surface area contributed by atoms with Gasteiger partial charge in [-0.1, -0.05) is 29.8 Å². The van der Waals surface area contributed by atoms with Gasteiger partial charge in [-0.15, -0.1) is 24.0 Å². The zero-order chi connectivity index (χ0) is 16.4. The van der Waals surface area contributed by atoms with E-state index in [1.807, 2.05) is 23.6 Å². The Morgan fingerprint density at radius 1 is 1.22 bits per heavy atom. The third-order valence-electron chi connectivity index (χ3n) is 3.54. The van der Waals surface area contributed by atoms with Crippen molar-refractivity contribution in [1.29, 1.82) is 0 Å². The van der Waals surface area contributed by atoms with Crippen LogP contribution in [0.4, 0.5) is 4.39 Å². The van der Waals surface area contributed by atoms with Gasteiger partial charge in [0, 0.05) is 28.9 Å². The van der Waals surface area contributed by atoms with Crippen LogP contribution in [0.1, 0.15) is 16.1 Å². The van der Waals surface area contributed by atoms with Gasteiger partial charge in [-0.25, -0.2) is 9.37 Å². The molecule has 0 bridgehead atoms.